The van der Waals surface area contributed by atoms with Gasteiger partial charge in [-0.2, -0.15) is 0 Å². The molecule has 2 fully saturated rings. The summed E-state index contributed by atoms with van der Waals surface area (Å²) >= 11 is 0. The number of anilines is 1. The Bertz CT molecular complexity index is 1510. The van der Waals surface area contributed by atoms with Crippen LogP contribution in [-0.4, -0.2) is 89.0 Å². The quantitative estimate of drug-likeness (QED) is 0.371. The first kappa shape index (κ1) is 30.1. The van der Waals surface area contributed by atoms with Gasteiger partial charge in [0.1, 0.15) is 23.8 Å². The Labute approximate surface area is 242 Å². The molecule has 1 amide bonds. The average molecular weight is 609 g/mol. The number of H-pyrrole nitrogens is 1. The van der Waals surface area contributed by atoms with E-state index in [-0.39, 0.29) is 51.4 Å². The van der Waals surface area contributed by atoms with Gasteiger partial charge in [-0.05, 0) is 64.6 Å². The predicted molar refractivity (Wildman–Crippen MR) is 151 cm³/mol. The van der Waals surface area contributed by atoms with Crippen molar-refractivity contribution in [1.82, 2.24) is 24.8 Å². The standard InChI is InChI=1S/C28H35F3N6O4S/c1-17(2)36(3)19-9-10-23(18(13-19)15-42(39,40)20-7-5-4-6-8-20)37-12-11-22(27(37)38)34-25-21-14-24(41-28(29,30)31)35-26(21)33-16-32-25/h4-8,14,16-19,22-23H,9-13,15H2,1-3H3,(H2,32,33,34,35)/t18-,19-,22+,23+/m1/s1. The zero-order valence-corrected chi connectivity index (χ0v) is 24.5. The van der Waals surface area contributed by atoms with Crippen LogP contribution in [0.5, 0.6) is 5.88 Å². The van der Waals surface area contributed by atoms with E-state index in [1.165, 1.54) is 6.33 Å². The van der Waals surface area contributed by atoms with Crippen LogP contribution in [0.1, 0.15) is 39.5 Å². The lowest BCUT2D eigenvalue weighted by Gasteiger charge is -2.44. The average Bonchev–Trinajstić information content (AvgIpc) is 3.50. The van der Waals surface area contributed by atoms with Gasteiger partial charge < -0.3 is 24.8 Å². The minimum Gasteiger partial charge on any atom is -0.390 e. The van der Waals surface area contributed by atoms with Crippen LogP contribution < -0.4 is 10.1 Å². The van der Waals surface area contributed by atoms with Crippen molar-refractivity contribution < 1.29 is 31.1 Å². The molecule has 5 rings (SSSR count). The molecule has 1 aliphatic carbocycles. The number of benzene rings is 1. The first-order valence-corrected chi connectivity index (χ1v) is 15.6. The molecule has 0 spiro atoms. The molecule has 2 aromatic heterocycles. The van der Waals surface area contributed by atoms with Crippen LogP contribution in [0, 0.1) is 5.92 Å². The van der Waals surface area contributed by atoms with Crippen molar-refractivity contribution in [1.29, 1.82) is 0 Å². The number of carbonyl (C=O) groups excluding carboxylic acids is 1. The summed E-state index contributed by atoms with van der Waals surface area (Å²) in [6.07, 6.45) is -1.11. The van der Waals surface area contributed by atoms with Crippen molar-refractivity contribution in [2.45, 2.75) is 75.0 Å². The summed E-state index contributed by atoms with van der Waals surface area (Å²) in [7, 11) is -1.54. The van der Waals surface area contributed by atoms with E-state index >= 15 is 0 Å². The van der Waals surface area contributed by atoms with Crippen LogP contribution in [-0.2, 0) is 14.6 Å². The summed E-state index contributed by atoms with van der Waals surface area (Å²) in [4.78, 5) is 28.6. The Morgan fingerprint density at radius 1 is 1.17 bits per heavy atom. The first-order chi connectivity index (χ1) is 19.8. The number of fused-ring (bicyclic) bond motifs is 1. The number of nitrogens with one attached hydrogen (secondary N) is 2. The monoisotopic (exact) mass is 608 g/mol. The van der Waals surface area contributed by atoms with Crippen molar-refractivity contribution >= 4 is 32.6 Å². The van der Waals surface area contributed by atoms with Gasteiger partial charge in [-0.25, -0.2) is 18.4 Å². The molecule has 2 aliphatic rings. The highest BCUT2D eigenvalue weighted by Gasteiger charge is 2.44. The predicted octanol–water partition coefficient (Wildman–Crippen LogP) is 4.22. The minimum atomic E-state index is -4.88. The number of ether oxygens (including phenoxy) is 1. The van der Waals surface area contributed by atoms with Crippen LogP contribution in [0.3, 0.4) is 0 Å². The zero-order valence-electron chi connectivity index (χ0n) is 23.6. The zero-order chi connectivity index (χ0) is 30.2. The van der Waals surface area contributed by atoms with Crippen LogP contribution in [0.25, 0.3) is 11.0 Å². The van der Waals surface area contributed by atoms with E-state index in [9.17, 15) is 26.4 Å². The lowest BCUT2D eigenvalue weighted by molar-refractivity contribution is -0.275. The van der Waals surface area contributed by atoms with Gasteiger partial charge in [0.25, 0.3) is 0 Å². The Balaban J connectivity index is 1.35. The third kappa shape index (κ3) is 6.48. The van der Waals surface area contributed by atoms with Crippen LogP contribution in [0.4, 0.5) is 19.0 Å². The largest absolute Gasteiger partial charge is 0.574 e. The van der Waals surface area contributed by atoms with Gasteiger partial charge in [0.05, 0.1) is 16.0 Å². The number of alkyl halides is 3. The molecule has 4 atom stereocenters. The van der Waals surface area contributed by atoms with Gasteiger partial charge in [0.15, 0.2) is 9.84 Å². The minimum absolute atomic E-state index is 0.0656. The SMILES string of the molecule is CC(C)N(C)[C@@H]1CC[C@H](N2CC[C@H](Nc3ncnc4[nH]c(OC(F)(F)F)cc34)C2=O)[C@@H](CS(=O)(=O)c2ccccc2)C1. The molecule has 42 heavy (non-hydrogen) atoms. The summed E-state index contributed by atoms with van der Waals surface area (Å²) in [5.41, 5.74) is 0.132. The van der Waals surface area contributed by atoms with Gasteiger partial charge in [-0.15, -0.1) is 13.2 Å². The number of nitrogens with zero attached hydrogens (tertiary/aromatic N) is 4. The fourth-order valence-electron chi connectivity index (χ4n) is 6.15. The number of sulfone groups is 1. The number of likely N-dealkylation sites (tertiary alicyclic amines) is 1. The molecule has 228 valence electrons. The number of aromatic amines is 1. The molecule has 0 radical (unpaired) electrons. The van der Waals surface area contributed by atoms with Crippen molar-refractivity contribution in [3.8, 4) is 5.88 Å². The Morgan fingerprint density at radius 3 is 2.60 bits per heavy atom. The number of hydrogen-bond donors (Lipinski definition) is 2. The van der Waals surface area contributed by atoms with Crippen molar-refractivity contribution in [2.75, 3.05) is 24.7 Å². The van der Waals surface area contributed by atoms with Gasteiger partial charge in [0.2, 0.25) is 11.8 Å². The molecule has 0 unspecified atom stereocenters. The molecule has 14 heteroatoms. The molecule has 0 bridgehead atoms. The molecule has 3 aromatic rings. The third-order valence-corrected chi connectivity index (χ3v) is 10.3. The number of amides is 1. The van der Waals surface area contributed by atoms with Gasteiger partial charge in [-0.1, -0.05) is 18.2 Å². The Hall–Kier alpha value is -3.39. The van der Waals surface area contributed by atoms with Gasteiger partial charge in [-0.3, -0.25) is 4.79 Å². The van der Waals surface area contributed by atoms with Gasteiger partial charge >= 0.3 is 6.36 Å². The Kier molecular flexibility index (Phi) is 8.39. The molecule has 2 N–H and O–H groups in total. The summed E-state index contributed by atoms with van der Waals surface area (Å²) in [6, 6.07) is 9.06. The fourth-order valence-corrected chi connectivity index (χ4v) is 7.84. The summed E-state index contributed by atoms with van der Waals surface area (Å²) < 4.78 is 69.0. The highest BCUT2D eigenvalue weighted by Crippen LogP contribution is 2.37. The highest BCUT2D eigenvalue weighted by molar-refractivity contribution is 7.91. The van der Waals surface area contributed by atoms with E-state index in [0.717, 1.165) is 12.5 Å². The molecule has 3 heterocycles. The van der Waals surface area contributed by atoms with E-state index in [4.69, 9.17) is 0 Å². The Morgan fingerprint density at radius 2 is 1.90 bits per heavy atom. The lowest BCUT2D eigenvalue weighted by atomic mass is 9.81. The normalized spacial score (nSPS) is 23.7. The third-order valence-electron chi connectivity index (χ3n) is 8.42. The maximum atomic E-state index is 13.7. The molecule has 10 nitrogen and oxygen atoms in total. The van der Waals surface area contributed by atoms with Crippen molar-refractivity contribution in [2.24, 2.45) is 5.92 Å². The van der Waals surface area contributed by atoms with Crippen molar-refractivity contribution in [3.05, 3.63) is 42.7 Å². The van der Waals surface area contributed by atoms with Gasteiger partial charge in [0, 0.05) is 30.7 Å². The molecule has 1 saturated carbocycles. The van der Waals surface area contributed by atoms with E-state index in [1.807, 2.05) is 7.05 Å². The van der Waals surface area contributed by atoms with Crippen LogP contribution in [0.15, 0.2) is 47.6 Å². The van der Waals surface area contributed by atoms with E-state index in [1.54, 1.807) is 35.2 Å². The second-order valence-electron chi connectivity index (χ2n) is 11.3. The van der Waals surface area contributed by atoms with E-state index in [0.29, 0.717) is 31.8 Å². The summed E-state index contributed by atoms with van der Waals surface area (Å²) in [5, 5.41) is 3.34. The number of hydrogen-bond acceptors (Lipinski definition) is 8. The van der Waals surface area contributed by atoms with E-state index < -0.39 is 28.1 Å². The van der Waals surface area contributed by atoms with Crippen LogP contribution in [0.2, 0.25) is 0 Å². The summed E-state index contributed by atoms with van der Waals surface area (Å²) in [5.74, 6) is -0.851. The molecule has 1 aliphatic heterocycles. The number of aromatic nitrogens is 3. The highest BCUT2D eigenvalue weighted by atomic mass is 32.2. The maximum Gasteiger partial charge on any atom is 0.574 e. The number of carbonyl (C=O) groups is 1. The maximum absolute atomic E-state index is 13.7. The second-order valence-corrected chi connectivity index (χ2v) is 13.4. The first-order valence-electron chi connectivity index (χ1n) is 14.0. The van der Waals surface area contributed by atoms with Crippen LogP contribution >= 0.6 is 0 Å². The fraction of sp³-hybridized carbons (Fsp3) is 0.536. The molecule has 1 saturated heterocycles. The molecular formula is C28H35F3N6O4S. The van der Waals surface area contributed by atoms with E-state index in [2.05, 4.69) is 43.8 Å². The lowest BCUT2D eigenvalue weighted by Crippen LogP contribution is -2.52. The molecular weight excluding hydrogens is 573 g/mol. The smallest absolute Gasteiger partial charge is 0.390 e. The number of halogens is 3. The topological polar surface area (TPSA) is 121 Å². The number of rotatable bonds is 9. The van der Waals surface area contributed by atoms with Crippen molar-refractivity contribution in [3.63, 3.8) is 0 Å². The summed E-state index contributed by atoms with van der Waals surface area (Å²) in [6.45, 7) is 4.64. The molecule has 1 aromatic carbocycles. The second kappa shape index (κ2) is 11.7.